The van der Waals surface area contributed by atoms with E-state index in [9.17, 15) is 4.39 Å². The minimum Gasteiger partial charge on any atom is -0.487 e. The molecule has 0 saturated heterocycles. The smallest absolute Gasteiger partial charge is 0.138 e. The SMILES string of the molecule is Fc1ccccc1COc1ccc(CNc2ccccc2)cc1Cl. The third-order valence-corrected chi connectivity index (χ3v) is 3.90. The summed E-state index contributed by atoms with van der Waals surface area (Å²) in [6.45, 7) is 0.811. The van der Waals surface area contributed by atoms with Crippen molar-refractivity contribution in [2.24, 2.45) is 0 Å². The van der Waals surface area contributed by atoms with E-state index in [-0.39, 0.29) is 12.4 Å². The second-order valence-electron chi connectivity index (χ2n) is 5.36. The van der Waals surface area contributed by atoms with Crippen molar-refractivity contribution in [1.29, 1.82) is 0 Å². The molecule has 0 saturated carbocycles. The van der Waals surface area contributed by atoms with E-state index in [1.807, 2.05) is 48.5 Å². The molecule has 0 heterocycles. The topological polar surface area (TPSA) is 21.3 Å². The highest BCUT2D eigenvalue weighted by Crippen LogP contribution is 2.27. The maximum Gasteiger partial charge on any atom is 0.138 e. The molecule has 122 valence electrons. The lowest BCUT2D eigenvalue weighted by Crippen LogP contribution is -2.01. The fourth-order valence-corrected chi connectivity index (χ4v) is 2.56. The van der Waals surface area contributed by atoms with Gasteiger partial charge in [-0.05, 0) is 35.9 Å². The molecule has 0 aliphatic rings. The van der Waals surface area contributed by atoms with E-state index in [1.165, 1.54) is 6.07 Å². The van der Waals surface area contributed by atoms with Crippen LogP contribution in [0.5, 0.6) is 5.75 Å². The Balaban J connectivity index is 1.61. The average Bonchev–Trinajstić information content (AvgIpc) is 2.61. The summed E-state index contributed by atoms with van der Waals surface area (Å²) in [4.78, 5) is 0. The third kappa shape index (κ3) is 4.27. The molecule has 3 aromatic carbocycles. The Hall–Kier alpha value is -2.52. The standard InChI is InChI=1S/C20H17ClFNO/c21-18-12-15(13-23-17-7-2-1-3-8-17)10-11-20(18)24-14-16-6-4-5-9-19(16)22/h1-12,23H,13-14H2. The zero-order chi connectivity index (χ0) is 16.8. The number of nitrogens with one attached hydrogen (secondary N) is 1. The molecule has 4 heteroatoms. The van der Waals surface area contributed by atoms with E-state index in [0.717, 1.165) is 11.3 Å². The van der Waals surface area contributed by atoms with E-state index >= 15 is 0 Å². The lowest BCUT2D eigenvalue weighted by molar-refractivity contribution is 0.300. The zero-order valence-corrected chi connectivity index (χ0v) is 13.8. The molecule has 0 spiro atoms. The highest BCUT2D eigenvalue weighted by atomic mass is 35.5. The van der Waals surface area contributed by atoms with E-state index in [1.54, 1.807) is 18.2 Å². The predicted molar refractivity (Wildman–Crippen MR) is 96.0 cm³/mol. The normalized spacial score (nSPS) is 10.4. The van der Waals surface area contributed by atoms with Crippen molar-refractivity contribution in [1.82, 2.24) is 0 Å². The number of para-hydroxylation sites is 1. The van der Waals surface area contributed by atoms with Crippen LogP contribution in [0, 0.1) is 5.82 Å². The molecule has 0 aliphatic carbocycles. The maximum absolute atomic E-state index is 13.6. The second kappa shape index (κ2) is 7.84. The Bertz CT molecular complexity index is 808. The van der Waals surface area contributed by atoms with Crippen molar-refractivity contribution in [2.75, 3.05) is 5.32 Å². The molecule has 1 N–H and O–H groups in total. The van der Waals surface area contributed by atoms with Gasteiger partial charge >= 0.3 is 0 Å². The molecular formula is C20H17ClFNO. The van der Waals surface area contributed by atoms with Gasteiger partial charge in [-0.3, -0.25) is 0 Å². The van der Waals surface area contributed by atoms with Crippen LogP contribution in [-0.2, 0) is 13.2 Å². The molecule has 0 unspecified atom stereocenters. The lowest BCUT2D eigenvalue weighted by Gasteiger charge is -2.11. The van der Waals surface area contributed by atoms with Gasteiger partial charge in [0, 0.05) is 17.8 Å². The molecule has 24 heavy (non-hydrogen) atoms. The molecule has 0 aromatic heterocycles. The van der Waals surface area contributed by atoms with Crippen LogP contribution in [0.2, 0.25) is 5.02 Å². The van der Waals surface area contributed by atoms with Crippen molar-refractivity contribution in [3.05, 3.63) is 94.8 Å². The van der Waals surface area contributed by atoms with Crippen molar-refractivity contribution >= 4 is 17.3 Å². The van der Waals surface area contributed by atoms with Gasteiger partial charge in [0.05, 0.1) is 5.02 Å². The molecule has 0 aliphatic heterocycles. The molecule has 3 rings (SSSR count). The summed E-state index contributed by atoms with van der Waals surface area (Å²) in [5, 5.41) is 3.84. The molecular weight excluding hydrogens is 325 g/mol. The summed E-state index contributed by atoms with van der Waals surface area (Å²) in [6, 6.07) is 22.1. The Kier molecular flexibility index (Phi) is 5.34. The van der Waals surface area contributed by atoms with Crippen LogP contribution in [0.3, 0.4) is 0 Å². The van der Waals surface area contributed by atoms with Gasteiger partial charge in [-0.1, -0.05) is 54.1 Å². The van der Waals surface area contributed by atoms with Crippen molar-refractivity contribution in [3.8, 4) is 5.75 Å². The fourth-order valence-electron chi connectivity index (χ4n) is 2.30. The second-order valence-corrected chi connectivity index (χ2v) is 5.77. The van der Waals surface area contributed by atoms with Crippen LogP contribution in [-0.4, -0.2) is 0 Å². The number of benzene rings is 3. The Morgan fingerprint density at radius 1 is 0.917 bits per heavy atom. The number of halogens is 2. The summed E-state index contributed by atoms with van der Waals surface area (Å²) < 4.78 is 19.2. The fraction of sp³-hybridized carbons (Fsp3) is 0.100. The average molecular weight is 342 g/mol. The van der Waals surface area contributed by atoms with E-state index < -0.39 is 0 Å². The molecule has 0 fully saturated rings. The lowest BCUT2D eigenvalue weighted by atomic mass is 10.2. The van der Waals surface area contributed by atoms with Gasteiger partial charge in [0.15, 0.2) is 0 Å². The van der Waals surface area contributed by atoms with Gasteiger partial charge in [0.2, 0.25) is 0 Å². The van der Waals surface area contributed by atoms with Gasteiger partial charge in [-0.15, -0.1) is 0 Å². The molecule has 3 aromatic rings. The van der Waals surface area contributed by atoms with Gasteiger partial charge in [-0.25, -0.2) is 4.39 Å². The predicted octanol–water partition coefficient (Wildman–Crippen LogP) is 5.67. The number of hydrogen-bond acceptors (Lipinski definition) is 2. The number of ether oxygens (including phenoxy) is 1. The summed E-state index contributed by atoms with van der Waals surface area (Å²) in [7, 11) is 0. The minimum absolute atomic E-state index is 0.147. The Morgan fingerprint density at radius 2 is 1.67 bits per heavy atom. The van der Waals surface area contributed by atoms with Crippen LogP contribution in [0.25, 0.3) is 0 Å². The van der Waals surface area contributed by atoms with Crippen molar-refractivity contribution in [3.63, 3.8) is 0 Å². The first kappa shape index (κ1) is 16.3. The first-order valence-electron chi connectivity index (χ1n) is 7.66. The quantitative estimate of drug-likeness (QED) is 0.623. The van der Waals surface area contributed by atoms with Crippen molar-refractivity contribution < 1.29 is 9.13 Å². The number of rotatable bonds is 6. The minimum atomic E-state index is -0.280. The summed E-state index contributed by atoms with van der Waals surface area (Å²) in [5.74, 6) is 0.265. The highest BCUT2D eigenvalue weighted by molar-refractivity contribution is 6.32. The number of anilines is 1. The van der Waals surface area contributed by atoms with Crippen LogP contribution < -0.4 is 10.1 Å². The van der Waals surface area contributed by atoms with Crippen LogP contribution in [0.15, 0.2) is 72.8 Å². The third-order valence-electron chi connectivity index (χ3n) is 3.61. The summed E-state index contributed by atoms with van der Waals surface area (Å²) in [5.41, 5.74) is 2.60. The Labute approximate surface area is 145 Å². The first-order chi connectivity index (χ1) is 11.7. The largest absolute Gasteiger partial charge is 0.487 e. The summed E-state index contributed by atoms with van der Waals surface area (Å²) in [6.07, 6.45) is 0. The Morgan fingerprint density at radius 3 is 2.42 bits per heavy atom. The van der Waals surface area contributed by atoms with Crippen molar-refractivity contribution in [2.45, 2.75) is 13.2 Å². The van der Waals surface area contributed by atoms with Gasteiger partial charge < -0.3 is 10.1 Å². The number of hydrogen-bond donors (Lipinski definition) is 1. The molecule has 0 bridgehead atoms. The first-order valence-corrected chi connectivity index (χ1v) is 8.04. The van der Waals surface area contributed by atoms with Gasteiger partial charge in [-0.2, -0.15) is 0 Å². The molecule has 0 radical (unpaired) electrons. The highest BCUT2D eigenvalue weighted by Gasteiger charge is 2.06. The zero-order valence-electron chi connectivity index (χ0n) is 13.0. The summed E-state index contributed by atoms with van der Waals surface area (Å²) >= 11 is 6.27. The van der Waals surface area contributed by atoms with Crippen LogP contribution in [0.1, 0.15) is 11.1 Å². The maximum atomic E-state index is 13.6. The van der Waals surface area contributed by atoms with E-state index in [4.69, 9.17) is 16.3 Å². The monoisotopic (exact) mass is 341 g/mol. The van der Waals surface area contributed by atoms with E-state index in [0.29, 0.717) is 22.9 Å². The van der Waals surface area contributed by atoms with Crippen LogP contribution in [0.4, 0.5) is 10.1 Å². The molecule has 2 nitrogen and oxygen atoms in total. The van der Waals surface area contributed by atoms with Crippen LogP contribution >= 0.6 is 11.6 Å². The molecule has 0 atom stereocenters. The van der Waals surface area contributed by atoms with Gasteiger partial charge in [0.25, 0.3) is 0 Å². The van der Waals surface area contributed by atoms with E-state index in [2.05, 4.69) is 5.32 Å². The molecule has 0 amide bonds. The van der Waals surface area contributed by atoms with Gasteiger partial charge in [0.1, 0.15) is 18.2 Å².